The van der Waals surface area contributed by atoms with Crippen molar-refractivity contribution >= 4 is 23.3 Å². The Kier molecular flexibility index (Phi) is 7.07. The van der Waals surface area contributed by atoms with Gasteiger partial charge in [-0.3, -0.25) is 14.9 Å². The number of esters is 1. The molecule has 0 unspecified atom stereocenters. The van der Waals surface area contributed by atoms with E-state index >= 15 is 0 Å². The van der Waals surface area contributed by atoms with E-state index in [4.69, 9.17) is 14.2 Å². The Labute approximate surface area is 165 Å². The number of hydrogen-bond donors (Lipinski definition) is 1. The zero-order valence-corrected chi connectivity index (χ0v) is 15.9. The summed E-state index contributed by atoms with van der Waals surface area (Å²) in [6.07, 6.45) is -1.22. The average molecular weight is 406 g/mol. The second kappa shape index (κ2) is 9.49. The molecule has 0 saturated heterocycles. The number of carbonyl (C=O) groups is 2. The van der Waals surface area contributed by atoms with Crippen LogP contribution >= 0.6 is 0 Å². The highest BCUT2D eigenvalue weighted by Gasteiger charge is 2.22. The van der Waals surface area contributed by atoms with Gasteiger partial charge in [-0.1, -0.05) is 0 Å². The standard InChI is InChI=1S/C19H19FN2O7/c1-4-28-17-9-12(5-8-16(17)27-3)19(24)29-11(2)18(23)21-13-6-7-14(20)15(10-13)22(25)26/h5-11H,4H2,1-3H3,(H,21,23)/t11-/m0/s1. The minimum Gasteiger partial charge on any atom is -0.493 e. The Hall–Kier alpha value is -3.69. The Bertz CT molecular complexity index is 933. The van der Waals surface area contributed by atoms with Crippen molar-refractivity contribution in [3.05, 3.63) is 57.9 Å². The van der Waals surface area contributed by atoms with E-state index in [1.54, 1.807) is 6.92 Å². The molecule has 2 aromatic rings. The topological polar surface area (TPSA) is 117 Å². The highest BCUT2D eigenvalue weighted by Crippen LogP contribution is 2.28. The molecule has 0 fully saturated rings. The predicted octanol–water partition coefficient (Wildman–Crippen LogP) is 3.33. The number of benzene rings is 2. The molecule has 1 N–H and O–H groups in total. The normalized spacial score (nSPS) is 11.3. The Morgan fingerprint density at radius 2 is 1.93 bits per heavy atom. The molecule has 0 heterocycles. The molecule has 0 radical (unpaired) electrons. The van der Waals surface area contributed by atoms with Crippen molar-refractivity contribution in [1.29, 1.82) is 0 Å². The van der Waals surface area contributed by atoms with E-state index in [0.29, 0.717) is 18.1 Å². The number of nitrogens with zero attached hydrogens (tertiary/aromatic N) is 1. The van der Waals surface area contributed by atoms with Crippen LogP contribution in [0.1, 0.15) is 24.2 Å². The summed E-state index contributed by atoms with van der Waals surface area (Å²) in [5, 5.41) is 13.1. The molecule has 10 heteroatoms. The number of amides is 1. The first-order valence-electron chi connectivity index (χ1n) is 8.53. The van der Waals surface area contributed by atoms with E-state index in [1.165, 1.54) is 32.2 Å². The predicted molar refractivity (Wildman–Crippen MR) is 101 cm³/mol. The first-order chi connectivity index (χ1) is 13.8. The number of nitrogens with one attached hydrogen (secondary N) is 1. The molecule has 0 spiro atoms. The van der Waals surface area contributed by atoms with Crippen molar-refractivity contribution in [2.24, 2.45) is 0 Å². The fourth-order valence-electron chi connectivity index (χ4n) is 2.33. The second-order valence-electron chi connectivity index (χ2n) is 5.76. The molecule has 2 rings (SSSR count). The largest absolute Gasteiger partial charge is 0.493 e. The number of halogens is 1. The first kappa shape index (κ1) is 21.6. The molecule has 0 saturated carbocycles. The number of carbonyl (C=O) groups excluding carboxylic acids is 2. The van der Waals surface area contributed by atoms with E-state index < -0.39 is 34.4 Å². The van der Waals surface area contributed by atoms with Crippen molar-refractivity contribution < 1.29 is 33.1 Å². The second-order valence-corrected chi connectivity index (χ2v) is 5.76. The van der Waals surface area contributed by atoms with Crippen LogP contribution in [0.15, 0.2) is 36.4 Å². The molecule has 9 nitrogen and oxygen atoms in total. The lowest BCUT2D eigenvalue weighted by Gasteiger charge is -2.15. The number of anilines is 1. The van der Waals surface area contributed by atoms with Gasteiger partial charge in [0, 0.05) is 11.8 Å². The van der Waals surface area contributed by atoms with Crippen LogP contribution in [0.25, 0.3) is 0 Å². The minimum absolute atomic E-state index is 0.00548. The molecule has 154 valence electrons. The summed E-state index contributed by atoms with van der Waals surface area (Å²) >= 11 is 0. The smallest absolute Gasteiger partial charge is 0.339 e. The zero-order valence-electron chi connectivity index (χ0n) is 15.9. The number of hydrogen-bond acceptors (Lipinski definition) is 7. The Morgan fingerprint density at radius 1 is 1.21 bits per heavy atom. The summed E-state index contributed by atoms with van der Waals surface area (Å²) in [5.74, 6) is -1.76. The quantitative estimate of drug-likeness (QED) is 0.406. The Balaban J connectivity index is 2.07. The van der Waals surface area contributed by atoms with Gasteiger partial charge in [-0.25, -0.2) is 4.79 Å². The van der Waals surface area contributed by atoms with Crippen molar-refractivity contribution in [3.63, 3.8) is 0 Å². The summed E-state index contributed by atoms with van der Waals surface area (Å²) < 4.78 is 29.0. The van der Waals surface area contributed by atoms with Gasteiger partial charge in [-0.15, -0.1) is 0 Å². The van der Waals surface area contributed by atoms with Crippen molar-refractivity contribution in [3.8, 4) is 11.5 Å². The summed E-state index contributed by atoms with van der Waals surface area (Å²) in [6, 6.07) is 7.31. The Morgan fingerprint density at radius 3 is 2.55 bits per heavy atom. The molecule has 0 aromatic heterocycles. The lowest BCUT2D eigenvalue weighted by Crippen LogP contribution is -2.30. The van der Waals surface area contributed by atoms with Crippen LogP contribution < -0.4 is 14.8 Å². The van der Waals surface area contributed by atoms with Gasteiger partial charge in [0.2, 0.25) is 5.82 Å². The molecule has 1 atom stereocenters. The highest BCUT2D eigenvalue weighted by molar-refractivity contribution is 5.97. The molecular formula is C19H19FN2O7. The highest BCUT2D eigenvalue weighted by atomic mass is 19.1. The monoisotopic (exact) mass is 406 g/mol. The van der Waals surface area contributed by atoms with E-state index in [2.05, 4.69) is 5.32 Å². The van der Waals surface area contributed by atoms with Gasteiger partial charge in [-0.2, -0.15) is 4.39 Å². The summed E-state index contributed by atoms with van der Waals surface area (Å²) in [5.41, 5.74) is -0.644. The van der Waals surface area contributed by atoms with Crippen LogP contribution in [0.4, 0.5) is 15.8 Å². The molecule has 0 aliphatic rings. The fourth-order valence-corrected chi connectivity index (χ4v) is 2.33. The molecule has 2 aromatic carbocycles. The number of methoxy groups -OCH3 is 1. The molecule has 0 aliphatic heterocycles. The summed E-state index contributed by atoms with van der Waals surface area (Å²) in [7, 11) is 1.46. The van der Waals surface area contributed by atoms with Gasteiger partial charge in [0.25, 0.3) is 5.91 Å². The lowest BCUT2D eigenvalue weighted by atomic mass is 10.2. The summed E-state index contributed by atoms with van der Waals surface area (Å²) in [4.78, 5) is 34.4. The lowest BCUT2D eigenvalue weighted by molar-refractivity contribution is -0.387. The maximum Gasteiger partial charge on any atom is 0.339 e. The minimum atomic E-state index is -1.22. The third-order valence-corrected chi connectivity index (χ3v) is 3.76. The van der Waals surface area contributed by atoms with Gasteiger partial charge in [-0.05, 0) is 44.2 Å². The molecule has 1 amide bonds. The van der Waals surface area contributed by atoms with Crippen molar-refractivity contribution in [2.45, 2.75) is 20.0 Å². The van der Waals surface area contributed by atoms with Crippen molar-refractivity contribution in [2.75, 3.05) is 19.0 Å². The van der Waals surface area contributed by atoms with Crippen LogP contribution in [0.3, 0.4) is 0 Å². The van der Waals surface area contributed by atoms with Crippen LogP contribution in [0.2, 0.25) is 0 Å². The number of rotatable bonds is 8. The van der Waals surface area contributed by atoms with E-state index in [1.807, 2.05) is 0 Å². The molecule has 0 aliphatic carbocycles. The van der Waals surface area contributed by atoms with Crippen LogP contribution in [-0.4, -0.2) is 36.6 Å². The maximum absolute atomic E-state index is 13.4. The number of ether oxygens (including phenoxy) is 3. The number of nitro groups is 1. The first-order valence-corrected chi connectivity index (χ1v) is 8.53. The van der Waals surface area contributed by atoms with Gasteiger partial charge >= 0.3 is 11.7 Å². The molecular weight excluding hydrogens is 387 g/mol. The zero-order chi connectivity index (χ0) is 21.6. The van der Waals surface area contributed by atoms with Crippen LogP contribution in [0.5, 0.6) is 11.5 Å². The maximum atomic E-state index is 13.4. The van der Waals surface area contributed by atoms with Crippen LogP contribution in [-0.2, 0) is 9.53 Å². The third-order valence-electron chi connectivity index (χ3n) is 3.76. The third kappa shape index (κ3) is 5.41. The van der Waals surface area contributed by atoms with Gasteiger partial charge in [0.05, 0.1) is 24.2 Å². The van der Waals surface area contributed by atoms with Crippen molar-refractivity contribution in [1.82, 2.24) is 0 Å². The van der Waals surface area contributed by atoms with Gasteiger partial charge in [0.15, 0.2) is 17.6 Å². The fraction of sp³-hybridized carbons (Fsp3) is 0.263. The molecule has 29 heavy (non-hydrogen) atoms. The van der Waals surface area contributed by atoms with E-state index in [9.17, 15) is 24.1 Å². The van der Waals surface area contributed by atoms with E-state index in [-0.39, 0.29) is 11.3 Å². The van der Waals surface area contributed by atoms with Gasteiger partial charge < -0.3 is 19.5 Å². The average Bonchev–Trinajstić information content (AvgIpc) is 2.69. The van der Waals surface area contributed by atoms with Crippen LogP contribution in [0, 0.1) is 15.9 Å². The number of nitro benzene ring substituents is 1. The van der Waals surface area contributed by atoms with Gasteiger partial charge in [0.1, 0.15) is 0 Å². The molecule has 0 bridgehead atoms. The summed E-state index contributed by atoms with van der Waals surface area (Å²) in [6.45, 7) is 3.46. The SMILES string of the molecule is CCOc1cc(C(=O)O[C@@H](C)C(=O)Nc2ccc(F)c([N+](=O)[O-])c2)ccc1OC. The van der Waals surface area contributed by atoms with E-state index in [0.717, 1.165) is 18.2 Å².